The number of Topliss-reactive ketones (excluding diaryl/α,β-unsaturated/α-hetero) is 1. The summed E-state index contributed by atoms with van der Waals surface area (Å²) in [7, 11) is 0. The van der Waals surface area contributed by atoms with Gasteiger partial charge in [0.15, 0.2) is 23.6 Å². The molecule has 0 aliphatic heterocycles. The fourth-order valence-corrected chi connectivity index (χ4v) is 2.19. The molecule has 27 heavy (non-hydrogen) atoms. The van der Waals surface area contributed by atoms with E-state index in [2.05, 4.69) is 4.99 Å². The van der Waals surface area contributed by atoms with E-state index in [1.54, 1.807) is 0 Å². The summed E-state index contributed by atoms with van der Waals surface area (Å²) in [5.74, 6) is -2.22. The molecule has 0 saturated heterocycles. The van der Waals surface area contributed by atoms with Crippen LogP contribution >= 0.6 is 0 Å². The second-order valence-corrected chi connectivity index (χ2v) is 5.67. The first-order chi connectivity index (χ1) is 12.7. The molecular formula is C17H26FN5O4. The second-order valence-electron chi connectivity index (χ2n) is 5.67. The number of carbonyl (C=O) groups excluding carboxylic acids is 2. The maximum Gasteiger partial charge on any atom is 0.331 e. The number of carboxylic acid groups (broad SMARTS) is 1. The van der Waals surface area contributed by atoms with E-state index < -0.39 is 30.0 Å². The van der Waals surface area contributed by atoms with E-state index in [-0.39, 0.29) is 38.1 Å². The van der Waals surface area contributed by atoms with Crippen LogP contribution < -0.4 is 22.9 Å². The average Bonchev–Trinajstić information content (AvgIpc) is 2.65. The Morgan fingerprint density at radius 3 is 2.26 bits per heavy atom. The molecule has 2 unspecified atom stereocenters. The number of ketones is 1. The van der Waals surface area contributed by atoms with E-state index >= 15 is 0 Å². The molecule has 0 heterocycles. The zero-order valence-electron chi connectivity index (χ0n) is 14.9. The van der Waals surface area contributed by atoms with Crippen LogP contribution in [0.2, 0.25) is 0 Å². The van der Waals surface area contributed by atoms with Crippen molar-refractivity contribution < 1.29 is 23.9 Å². The number of benzene rings is 1. The van der Waals surface area contributed by atoms with Gasteiger partial charge in [0.25, 0.3) is 0 Å². The lowest BCUT2D eigenvalue weighted by atomic mass is 9.84. The fourth-order valence-electron chi connectivity index (χ4n) is 2.19. The van der Waals surface area contributed by atoms with Crippen molar-refractivity contribution in [2.75, 3.05) is 13.2 Å². The number of carboxylic acids is 1. The third-order valence-corrected chi connectivity index (χ3v) is 3.54. The highest BCUT2D eigenvalue weighted by Gasteiger charge is 2.43. The quantitative estimate of drug-likeness (QED) is 0.113. The molecule has 0 radical (unpaired) electrons. The number of aliphatic carboxylic acids is 1. The largest absolute Gasteiger partial charge is 0.480 e. The first-order valence-electron chi connectivity index (χ1n) is 8.10. The van der Waals surface area contributed by atoms with Gasteiger partial charge in [0.1, 0.15) is 6.67 Å². The van der Waals surface area contributed by atoms with Crippen molar-refractivity contribution in [1.82, 2.24) is 0 Å². The summed E-state index contributed by atoms with van der Waals surface area (Å²) in [5.41, 5.74) is 20.8. The molecule has 0 fully saturated rings. The Morgan fingerprint density at radius 1 is 1.26 bits per heavy atom. The van der Waals surface area contributed by atoms with Crippen molar-refractivity contribution >= 4 is 24.0 Å². The van der Waals surface area contributed by atoms with Crippen LogP contribution in [0.5, 0.6) is 0 Å². The van der Waals surface area contributed by atoms with Crippen molar-refractivity contribution in [2.45, 2.75) is 30.8 Å². The smallest absolute Gasteiger partial charge is 0.331 e. The van der Waals surface area contributed by atoms with E-state index in [1.165, 1.54) is 0 Å². The number of halogens is 1. The van der Waals surface area contributed by atoms with Crippen LogP contribution in [0, 0.1) is 0 Å². The molecule has 0 aromatic heterocycles. The molecule has 9 N–H and O–H groups in total. The van der Waals surface area contributed by atoms with E-state index in [1.807, 2.05) is 30.3 Å². The van der Waals surface area contributed by atoms with Crippen LogP contribution in [0.15, 0.2) is 35.3 Å². The predicted octanol–water partition coefficient (Wildman–Crippen LogP) is -0.884. The number of hydrogen-bond donors (Lipinski definition) is 5. The number of hydrogen-bond acceptors (Lipinski definition) is 6. The molecule has 10 heteroatoms. The van der Waals surface area contributed by atoms with Gasteiger partial charge in [-0.3, -0.25) is 9.79 Å². The van der Waals surface area contributed by atoms with Gasteiger partial charge < -0.3 is 32.8 Å². The van der Waals surface area contributed by atoms with E-state index in [0.29, 0.717) is 0 Å². The Balaban J connectivity index is 0.00000153. The third kappa shape index (κ3) is 8.88. The minimum Gasteiger partial charge on any atom is -0.480 e. The number of nitrogens with zero attached hydrogens (tertiary/aromatic N) is 1. The van der Waals surface area contributed by atoms with Crippen molar-refractivity contribution in [2.24, 2.45) is 27.9 Å². The lowest BCUT2D eigenvalue weighted by Gasteiger charge is -2.26. The second kappa shape index (κ2) is 12.5. The number of aldehydes is 1. The number of nitrogens with two attached hydrogens (primary N) is 4. The average molecular weight is 383 g/mol. The first-order valence-corrected chi connectivity index (χ1v) is 8.10. The van der Waals surface area contributed by atoms with Crippen LogP contribution in [0.25, 0.3) is 0 Å². The molecule has 1 aromatic rings. The summed E-state index contributed by atoms with van der Waals surface area (Å²) in [6.45, 7) is -0.671. The predicted molar refractivity (Wildman–Crippen MR) is 99.6 cm³/mol. The van der Waals surface area contributed by atoms with Crippen molar-refractivity contribution in [3.63, 3.8) is 0 Å². The van der Waals surface area contributed by atoms with Gasteiger partial charge >= 0.3 is 5.97 Å². The lowest BCUT2D eigenvalue weighted by molar-refractivity contribution is -0.149. The fraction of sp³-hybridized carbons (Fsp3) is 0.412. The van der Waals surface area contributed by atoms with E-state index in [4.69, 9.17) is 27.7 Å². The number of carbonyl (C=O) groups is 3. The van der Waals surface area contributed by atoms with Gasteiger partial charge in [0.2, 0.25) is 0 Å². The maximum absolute atomic E-state index is 12.4. The summed E-state index contributed by atoms with van der Waals surface area (Å²) < 4.78 is 10.4. The summed E-state index contributed by atoms with van der Waals surface area (Å²) in [5, 5.41) is 9.34. The number of rotatable bonds is 10. The van der Waals surface area contributed by atoms with Crippen molar-refractivity contribution in [3.8, 4) is 0 Å². The van der Waals surface area contributed by atoms with Crippen LogP contribution in [0.1, 0.15) is 18.4 Å². The third-order valence-electron chi connectivity index (χ3n) is 3.54. The van der Waals surface area contributed by atoms with Gasteiger partial charge in [0, 0.05) is 6.54 Å². The molecule has 0 bridgehead atoms. The summed E-state index contributed by atoms with van der Waals surface area (Å²) in [6, 6.07) is 8.09. The Morgan fingerprint density at radius 2 is 1.81 bits per heavy atom. The maximum atomic E-state index is 12.4. The molecule has 0 aliphatic rings. The van der Waals surface area contributed by atoms with Crippen molar-refractivity contribution in [3.05, 3.63) is 35.9 Å². The normalized spacial score (nSPS) is 13.3. The summed E-state index contributed by atoms with van der Waals surface area (Å²) in [4.78, 5) is 36.4. The topological polar surface area (TPSA) is 188 Å². The lowest BCUT2D eigenvalue weighted by Crippen LogP contribution is -2.60. The van der Waals surface area contributed by atoms with Gasteiger partial charge in [-0.05, 0) is 24.8 Å². The molecule has 2 atom stereocenters. The van der Waals surface area contributed by atoms with Gasteiger partial charge in [-0.2, -0.15) is 0 Å². The molecular weight excluding hydrogens is 357 g/mol. The van der Waals surface area contributed by atoms with Crippen LogP contribution in [-0.4, -0.2) is 53.9 Å². The highest BCUT2D eigenvalue weighted by atomic mass is 19.1. The molecule has 150 valence electrons. The number of aliphatic imine (C=N–C) groups is 1. The molecule has 1 aromatic carbocycles. The minimum atomic E-state index is -2.05. The number of guanidine groups is 1. The molecule has 0 amide bonds. The summed E-state index contributed by atoms with van der Waals surface area (Å²) in [6.07, 6.45) is 0.588. The Bertz CT molecular complexity index is 637. The standard InChI is InChI=1S/C15H23N5O3.C2H3FO/c16-11(9-10-5-2-1-3-6-10)12(21)15(19,13(22)23)7-4-8-20-14(17)18;3-1-2-4/h1-3,5-6,11H,4,7-9,16,19H2,(H,22,23)(H4,17,18,20);2H,1H2. The van der Waals surface area contributed by atoms with Crippen LogP contribution in [0.3, 0.4) is 0 Å². The minimum absolute atomic E-state index is 0.0968. The van der Waals surface area contributed by atoms with E-state index in [9.17, 15) is 19.1 Å². The highest BCUT2D eigenvalue weighted by Crippen LogP contribution is 2.16. The van der Waals surface area contributed by atoms with Crippen LogP contribution in [-0.2, 0) is 20.8 Å². The van der Waals surface area contributed by atoms with E-state index in [0.717, 1.165) is 5.56 Å². The van der Waals surface area contributed by atoms with Gasteiger partial charge in [-0.15, -0.1) is 0 Å². The molecule has 9 nitrogen and oxygen atoms in total. The monoisotopic (exact) mass is 383 g/mol. The van der Waals surface area contributed by atoms with Crippen molar-refractivity contribution in [1.29, 1.82) is 0 Å². The Kier molecular flexibility index (Phi) is 11.2. The molecule has 1 rings (SSSR count). The summed E-state index contributed by atoms with van der Waals surface area (Å²) >= 11 is 0. The Labute approximate surface area is 156 Å². The zero-order valence-corrected chi connectivity index (χ0v) is 14.9. The van der Waals surface area contributed by atoms with Gasteiger partial charge in [0.05, 0.1) is 6.04 Å². The van der Waals surface area contributed by atoms with Gasteiger partial charge in [-0.25, -0.2) is 9.18 Å². The van der Waals surface area contributed by atoms with Gasteiger partial charge in [-0.1, -0.05) is 30.3 Å². The SMILES string of the molecule is NC(N)=NCCCC(N)(C(=O)O)C(=O)C(N)Cc1ccccc1.O=CCF. The Hall–Kier alpha value is -2.85. The van der Waals surface area contributed by atoms with Crippen LogP contribution in [0.4, 0.5) is 4.39 Å². The molecule has 0 spiro atoms. The molecule has 0 saturated carbocycles. The first kappa shape index (κ1) is 24.1. The molecule has 0 aliphatic carbocycles. The number of alkyl halides is 1. The zero-order chi connectivity index (χ0) is 20.9. The highest BCUT2D eigenvalue weighted by molar-refractivity contribution is 6.09.